The lowest BCUT2D eigenvalue weighted by atomic mass is 10.0. The van der Waals surface area contributed by atoms with Crippen molar-refractivity contribution in [2.24, 2.45) is 4.66 Å². The van der Waals surface area contributed by atoms with E-state index in [4.69, 9.17) is 0 Å². The Morgan fingerprint density at radius 1 is 0.327 bits per heavy atom. The molecule has 0 saturated carbocycles. The molecule has 0 bridgehead atoms. The fourth-order valence-corrected chi connectivity index (χ4v) is 6.29. The first-order valence-corrected chi connectivity index (χ1v) is 16.6. The van der Waals surface area contributed by atoms with Crippen molar-refractivity contribution in [3.8, 4) is 11.1 Å². The van der Waals surface area contributed by atoms with E-state index in [1.165, 1.54) is 32.7 Å². The first-order valence-electron chi connectivity index (χ1n) is 16.2. The molecular formula is C44H33BN3P. The molecule has 49 heavy (non-hydrogen) atoms. The summed E-state index contributed by atoms with van der Waals surface area (Å²) < 4.78 is 2.81. The molecule has 5 heteroatoms. The van der Waals surface area contributed by atoms with Gasteiger partial charge in [0.25, 0.3) is 7.98 Å². The molecule has 3 nitrogen and oxygen atoms in total. The fourth-order valence-electron chi connectivity index (χ4n) is 6.29. The summed E-state index contributed by atoms with van der Waals surface area (Å²) in [6, 6.07) is 69.3. The van der Waals surface area contributed by atoms with E-state index in [1.54, 1.807) is 0 Å². The van der Waals surface area contributed by atoms with Crippen LogP contribution in [-0.2, 0) is 0 Å². The summed E-state index contributed by atoms with van der Waals surface area (Å²) in [7, 11) is 6.97. The predicted molar refractivity (Wildman–Crippen MR) is 213 cm³/mol. The number of hydrogen-bond donors (Lipinski definition) is 0. The van der Waals surface area contributed by atoms with Crippen molar-refractivity contribution in [2.45, 2.75) is 0 Å². The van der Waals surface area contributed by atoms with Crippen molar-refractivity contribution >= 4 is 72.7 Å². The molecule has 8 aromatic rings. The molecule has 0 atom stereocenters. The average molecular weight is 646 g/mol. The Balaban J connectivity index is 0.00000122. The van der Waals surface area contributed by atoms with Gasteiger partial charge >= 0.3 is 0 Å². The van der Waals surface area contributed by atoms with Crippen LogP contribution in [0.15, 0.2) is 199 Å². The maximum Gasteiger partial charge on any atom is 0.265 e. The standard InChI is InChI=1S/C44H32N2.BHNP/c1-3-15-39(16-4-1)45(43-29-23-33-11-7-9-13-37(33)31-43)41-25-19-35(20-26-41)36-21-27-42(28-22-36)46(40-17-5-2-6-18-40)44-30-24-34-12-8-10-14-38(34)32-44;1-2-3/h1-32H;3H. The van der Waals surface area contributed by atoms with Gasteiger partial charge in [-0.15, -0.1) is 0 Å². The molecule has 0 heterocycles. The summed E-state index contributed by atoms with van der Waals surface area (Å²) in [6.45, 7) is 0. The molecule has 0 aromatic heterocycles. The normalized spacial score (nSPS) is 10.6. The second-order valence-electron chi connectivity index (χ2n) is 11.6. The zero-order valence-electron chi connectivity index (χ0n) is 26.9. The van der Waals surface area contributed by atoms with Crippen LogP contribution in [0.4, 0.5) is 34.1 Å². The summed E-state index contributed by atoms with van der Waals surface area (Å²) in [4.78, 5) is 4.64. The van der Waals surface area contributed by atoms with Gasteiger partial charge in [-0.05, 0) is 114 Å². The van der Waals surface area contributed by atoms with E-state index in [9.17, 15) is 0 Å². The van der Waals surface area contributed by atoms with Crippen LogP contribution in [-0.4, -0.2) is 7.98 Å². The minimum absolute atomic E-state index is 1.12. The highest BCUT2D eigenvalue weighted by Crippen LogP contribution is 2.39. The van der Waals surface area contributed by atoms with Crippen molar-refractivity contribution < 1.29 is 0 Å². The van der Waals surface area contributed by atoms with E-state index in [0.29, 0.717) is 0 Å². The average Bonchev–Trinajstić information content (AvgIpc) is 3.17. The van der Waals surface area contributed by atoms with Gasteiger partial charge in [-0.3, -0.25) is 0 Å². The van der Waals surface area contributed by atoms with Gasteiger partial charge in [0.1, 0.15) is 0 Å². The van der Waals surface area contributed by atoms with Crippen LogP contribution in [0.1, 0.15) is 0 Å². The van der Waals surface area contributed by atoms with Gasteiger partial charge in [-0.1, -0.05) is 121 Å². The van der Waals surface area contributed by atoms with Crippen LogP contribution in [0.3, 0.4) is 0 Å². The van der Waals surface area contributed by atoms with Crippen molar-refractivity contribution in [1.82, 2.24) is 0 Å². The van der Waals surface area contributed by atoms with Gasteiger partial charge in [0.2, 0.25) is 0 Å². The molecule has 0 aliphatic rings. The molecule has 0 saturated heterocycles. The van der Waals surface area contributed by atoms with E-state index in [1.807, 2.05) is 0 Å². The molecule has 0 aliphatic heterocycles. The topological polar surface area (TPSA) is 18.8 Å². The van der Waals surface area contributed by atoms with Gasteiger partial charge in [0, 0.05) is 34.1 Å². The fraction of sp³-hybridized carbons (Fsp3) is 0. The molecule has 8 rings (SSSR count). The zero-order chi connectivity index (χ0) is 33.4. The Kier molecular flexibility index (Phi) is 9.59. The zero-order valence-corrected chi connectivity index (χ0v) is 27.9. The molecule has 0 amide bonds. The third-order valence-electron chi connectivity index (χ3n) is 8.60. The number of anilines is 6. The Morgan fingerprint density at radius 2 is 0.612 bits per heavy atom. The molecule has 0 N–H and O–H groups in total. The molecule has 0 unspecified atom stereocenters. The second kappa shape index (κ2) is 14.9. The van der Waals surface area contributed by atoms with Crippen molar-refractivity contribution in [3.63, 3.8) is 0 Å². The van der Waals surface area contributed by atoms with Crippen LogP contribution in [0.25, 0.3) is 32.7 Å². The van der Waals surface area contributed by atoms with E-state index in [0.717, 1.165) is 34.1 Å². The van der Waals surface area contributed by atoms with Gasteiger partial charge in [-0.2, -0.15) is 0 Å². The number of benzene rings is 8. The molecule has 2 radical (unpaired) electrons. The minimum Gasteiger partial charge on any atom is -0.344 e. The smallest absolute Gasteiger partial charge is 0.265 e. The highest BCUT2D eigenvalue weighted by Gasteiger charge is 2.15. The van der Waals surface area contributed by atoms with Crippen LogP contribution in [0.5, 0.6) is 0 Å². The molecule has 0 fully saturated rings. The second-order valence-corrected chi connectivity index (χ2v) is 11.9. The van der Waals surface area contributed by atoms with Crippen molar-refractivity contribution in [2.75, 3.05) is 9.80 Å². The van der Waals surface area contributed by atoms with E-state index < -0.39 is 0 Å². The first kappa shape index (κ1) is 31.6. The van der Waals surface area contributed by atoms with Crippen LogP contribution in [0.2, 0.25) is 0 Å². The van der Waals surface area contributed by atoms with Gasteiger partial charge in [-0.25, -0.2) is 0 Å². The lowest BCUT2D eigenvalue weighted by Gasteiger charge is -2.26. The van der Waals surface area contributed by atoms with E-state index in [2.05, 4.69) is 226 Å². The molecule has 0 aliphatic carbocycles. The quantitative estimate of drug-likeness (QED) is 0.127. The lowest BCUT2D eigenvalue weighted by Crippen LogP contribution is -2.10. The third kappa shape index (κ3) is 7.01. The molecule has 8 aromatic carbocycles. The van der Waals surface area contributed by atoms with Crippen molar-refractivity contribution in [3.05, 3.63) is 194 Å². The Morgan fingerprint density at radius 3 is 0.980 bits per heavy atom. The van der Waals surface area contributed by atoms with E-state index >= 15 is 0 Å². The summed E-state index contributed by atoms with van der Waals surface area (Å²) >= 11 is 0. The number of hydrogen-bond acceptors (Lipinski definition) is 3. The summed E-state index contributed by atoms with van der Waals surface area (Å²) in [5.41, 5.74) is 9.13. The number of fused-ring (bicyclic) bond motifs is 2. The highest BCUT2D eigenvalue weighted by atomic mass is 31.0. The predicted octanol–water partition coefficient (Wildman–Crippen LogP) is 13.0. The van der Waals surface area contributed by atoms with Crippen LogP contribution in [0, 0.1) is 0 Å². The Labute approximate surface area is 291 Å². The molecule has 232 valence electrons. The number of nitrogens with zero attached hydrogens (tertiary/aromatic N) is 3. The lowest BCUT2D eigenvalue weighted by molar-refractivity contribution is 1.28. The maximum atomic E-state index is 4.39. The Hall–Kier alpha value is -5.96. The minimum atomic E-state index is 1.12. The Bertz CT molecular complexity index is 2140. The number of para-hydroxylation sites is 2. The SMILES string of the molecule is [B]N=P.c1ccc(N(c2ccc(-c3ccc(N(c4ccccc4)c4ccc5ccccc5c4)cc3)cc2)c2ccc3ccccc3c2)cc1. The summed E-state index contributed by atoms with van der Waals surface area (Å²) in [5.74, 6) is 0. The molecular weight excluding hydrogens is 612 g/mol. The summed E-state index contributed by atoms with van der Waals surface area (Å²) in [5, 5.41) is 4.94. The third-order valence-corrected chi connectivity index (χ3v) is 8.60. The monoisotopic (exact) mass is 645 g/mol. The van der Waals surface area contributed by atoms with Crippen LogP contribution >= 0.6 is 9.03 Å². The maximum absolute atomic E-state index is 4.39. The number of rotatable bonds is 7. The van der Waals surface area contributed by atoms with Crippen molar-refractivity contribution in [1.29, 1.82) is 0 Å². The molecule has 0 spiro atoms. The largest absolute Gasteiger partial charge is 0.344 e. The van der Waals surface area contributed by atoms with Gasteiger partial charge < -0.3 is 14.5 Å². The highest BCUT2D eigenvalue weighted by molar-refractivity contribution is 7.05. The van der Waals surface area contributed by atoms with Gasteiger partial charge in [0.05, 0.1) is 0 Å². The summed E-state index contributed by atoms with van der Waals surface area (Å²) in [6.07, 6.45) is 0. The van der Waals surface area contributed by atoms with Gasteiger partial charge in [0.15, 0.2) is 0 Å². The first-order chi connectivity index (χ1) is 24.2. The van der Waals surface area contributed by atoms with Crippen LogP contribution < -0.4 is 9.80 Å². The van der Waals surface area contributed by atoms with E-state index in [-0.39, 0.29) is 0 Å².